The molecule has 0 saturated carbocycles. The first-order valence-electron chi connectivity index (χ1n) is 10.4. The first-order valence-corrected chi connectivity index (χ1v) is 10.8. The lowest BCUT2D eigenvalue weighted by molar-refractivity contribution is -0.177. The van der Waals surface area contributed by atoms with Gasteiger partial charge in [0.05, 0.1) is 17.4 Å². The van der Waals surface area contributed by atoms with E-state index in [9.17, 15) is 27.2 Å². The van der Waals surface area contributed by atoms with E-state index in [0.717, 1.165) is 12.1 Å². The number of carbonyl (C=O) groups excluding carboxylic acids is 2. The number of nitrogens with zero attached hydrogens (tertiary/aromatic N) is 4. The van der Waals surface area contributed by atoms with Crippen LogP contribution >= 0.6 is 11.6 Å². The van der Waals surface area contributed by atoms with Gasteiger partial charge in [0.2, 0.25) is 0 Å². The lowest BCUT2D eigenvalue weighted by Gasteiger charge is -2.24. The van der Waals surface area contributed by atoms with E-state index in [2.05, 4.69) is 15.4 Å². The number of carbonyl (C=O) groups is 2. The van der Waals surface area contributed by atoms with Crippen LogP contribution in [0.4, 0.5) is 26.7 Å². The first-order chi connectivity index (χ1) is 16.8. The molecule has 0 aliphatic heterocycles. The van der Waals surface area contributed by atoms with Crippen LogP contribution in [0, 0.1) is 18.6 Å². The number of aryl methyl sites for hydroxylation is 1. The van der Waals surface area contributed by atoms with Gasteiger partial charge < -0.3 is 5.32 Å². The smallest absolute Gasteiger partial charge is 0.328 e. The summed E-state index contributed by atoms with van der Waals surface area (Å²) in [6, 6.07) is 3.00. The molecule has 14 heteroatoms. The minimum absolute atomic E-state index is 0.0156. The van der Waals surface area contributed by atoms with Crippen molar-refractivity contribution in [2.24, 2.45) is 0 Å². The fourth-order valence-electron chi connectivity index (χ4n) is 3.26. The number of benzene rings is 1. The van der Waals surface area contributed by atoms with E-state index in [1.54, 1.807) is 13.0 Å². The molecular weight excluding hydrogens is 511 g/mol. The summed E-state index contributed by atoms with van der Waals surface area (Å²) in [6.07, 6.45) is -2.44. The molecule has 1 atom stereocenters. The van der Waals surface area contributed by atoms with Crippen LogP contribution in [0.25, 0.3) is 16.8 Å². The van der Waals surface area contributed by atoms with Gasteiger partial charge in [-0.3, -0.25) is 15.2 Å². The quantitative estimate of drug-likeness (QED) is 0.364. The minimum Gasteiger partial charge on any atom is -0.328 e. The molecule has 0 bridgehead atoms. The Morgan fingerprint density at radius 3 is 2.44 bits per heavy atom. The van der Waals surface area contributed by atoms with Gasteiger partial charge in [0.15, 0.2) is 5.82 Å². The van der Waals surface area contributed by atoms with E-state index in [1.165, 1.54) is 42.4 Å². The van der Waals surface area contributed by atoms with Crippen molar-refractivity contribution in [2.75, 3.05) is 6.54 Å². The second-order valence-electron chi connectivity index (χ2n) is 7.63. The van der Waals surface area contributed by atoms with E-state index in [1.807, 2.05) is 0 Å². The van der Waals surface area contributed by atoms with Crippen molar-refractivity contribution in [3.63, 3.8) is 0 Å². The molecule has 3 amide bonds. The van der Waals surface area contributed by atoms with Crippen LogP contribution in [-0.2, 0) is 4.79 Å². The van der Waals surface area contributed by atoms with Crippen molar-refractivity contribution < 1.29 is 31.5 Å². The van der Waals surface area contributed by atoms with E-state index in [-0.39, 0.29) is 34.1 Å². The van der Waals surface area contributed by atoms with Gasteiger partial charge >= 0.3 is 18.1 Å². The maximum absolute atomic E-state index is 15.0. The van der Waals surface area contributed by atoms with E-state index in [0.29, 0.717) is 10.7 Å². The predicted octanol–water partition coefficient (Wildman–Crippen LogP) is 4.86. The van der Waals surface area contributed by atoms with Gasteiger partial charge in [-0.2, -0.15) is 18.3 Å². The van der Waals surface area contributed by atoms with Crippen LogP contribution in [0.3, 0.4) is 0 Å². The van der Waals surface area contributed by atoms with Crippen molar-refractivity contribution in [1.29, 1.82) is 0 Å². The van der Waals surface area contributed by atoms with Crippen LogP contribution in [-0.4, -0.2) is 44.4 Å². The second-order valence-corrected chi connectivity index (χ2v) is 8.07. The number of alkyl halides is 3. The summed E-state index contributed by atoms with van der Waals surface area (Å²) in [7, 11) is 0. The summed E-state index contributed by atoms with van der Waals surface area (Å²) in [5.74, 6) is -3.92. The average Bonchev–Trinajstić information content (AvgIpc) is 3.21. The molecule has 0 aliphatic rings. The third-order valence-electron chi connectivity index (χ3n) is 4.97. The minimum atomic E-state index is -5.20. The Kier molecular flexibility index (Phi) is 7.82. The molecule has 1 unspecified atom stereocenters. The van der Waals surface area contributed by atoms with Crippen LogP contribution in [0.15, 0.2) is 36.7 Å². The molecule has 1 aromatic carbocycles. The topological polar surface area (TPSA) is 92.2 Å². The van der Waals surface area contributed by atoms with Crippen molar-refractivity contribution in [2.45, 2.75) is 33.0 Å². The molecule has 192 valence electrons. The number of halogens is 6. The molecule has 3 rings (SSSR count). The first kappa shape index (κ1) is 26.9. The number of pyridine rings is 1. The molecule has 8 nitrogen and oxygen atoms in total. The third-order valence-corrected chi connectivity index (χ3v) is 5.18. The summed E-state index contributed by atoms with van der Waals surface area (Å²) >= 11 is 6.01. The van der Waals surface area contributed by atoms with Crippen molar-refractivity contribution in [3.05, 3.63) is 64.7 Å². The molecule has 0 aliphatic carbocycles. The molecular formula is C22H20ClF5N6O2. The monoisotopic (exact) mass is 530 g/mol. The largest absolute Gasteiger partial charge is 0.472 e. The molecule has 2 heterocycles. The fourth-order valence-corrected chi connectivity index (χ4v) is 3.47. The van der Waals surface area contributed by atoms with Gasteiger partial charge in [0.25, 0.3) is 0 Å². The Bertz CT molecular complexity index is 1300. The van der Waals surface area contributed by atoms with Gasteiger partial charge in [0.1, 0.15) is 11.5 Å². The number of aromatic nitrogens is 3. The van der Waals surface area contributed by atoms with Crippen LogP contribution in [0.5, 0.6) is 0 Å². The van der Waals surface area contributed by atoms with Crippen molar-refractivity contribution >= 4 is 23.5 Å². The summed E-state index contributed by atoms with van der Waals surface area (Å²) in [4.78, 5) is 27.5. The van der Waals surface area contributed by atoms with Crippen molar-refractivity contribution in [3.8, 4) is 16.8 Å². The normalized spacial score (nSPS) is 12.2. The number of hydrogen-bond acceptors (Lipinski definition) is 4. The van der Waals surface area contributed by atoms with Crippen LogP contribution < -0.4 is 10.7 Å². The molecule has 0 spiro atoms. The SMILES string of the molecule is CCN(NC(=O)C(F)(F)F)C(=O)NC(C)c1ncc(-c2cc(Cl)cc(F)c2-n2ccc(C)n2)cc1F. The Hall–Kier alpha value is -3.74. The number of urea groups is 1. The molecule has 0 radical (unpaired) electrons. The molecule has 0 saturated heterocycles. The summed E-state index contributed by atoms with van der Waals surface area (Å²) in [6.45, 7) is 4.09. The Morgan fingerprint density at radius 1 is 1.19 bits per heavy atom. The van der Waals surface area contributed by atoms with Gasteiger partial charge in [-0.15, -0.1) is 0 Å². The van der Waals surface area contributed by atoms with Gasteiger partial charge in [-0.05, 0) is 45.0 Å². The molecule has 3 aromatic rings. The highest BCUT2D eigenvalue weighted by Crippen LogP contribution is 2.33. The van der Waals surface area contributed by atoms with E-state index >= 15 is 4.39 Å². The number of nitrogens with one attached hydrogen (secondary N) is 2. The molecule has 36 heavy (non-hydrogen) atoms. The van der Waals surface area contributed by atoms with E-state index < -0.39 is 35.8 Å². The molecule has 2 aromatic heterocycles. The Morgan fingerprint density at radius 2 is 1.89 bits per heavy atom. The Labute approximate surface area is 207 Å². The highest BCUT2D eigenvalue weighted by Gasteiger charge is 2.40. The Balaban J connectivity index is 1.87. The highest BCUT2D eigenvalue weighted by molar-refractivity contribution is 6.31. The lowest BCUT2D eigenvalue weighted by atomic mass is 10.0. The number of rotatable bonds is 5. The lowest BCUT2D eigenvalue weighted by Crippen LogP contribution is -2.54. The van der Waals surface area contributed by atoms with Gasteiger partial charge in [-0.25, -0.2) is 23.3 Å². The zero-order valence-corrected chi connectivity index (χ0v) is 19.9. The number of hydrazine groups is 1. The molecule has 0 fully saturated rings. The zero-order valence-electron chi connectivity index (χ0n) is 19.1. The molecule has 2 N–H and O–H groups in total. The zero-order chi connectivity index (χ0) is 26.8. The van der Waals surface area contributed by atoms with Gasteiger partial charge in [0, 0.05) is 35.1 Å². The second kappa shape index (κ2) is 10.5. The highest BCUT2D eigenvalue weighted by atomic mass is 35.5. The number of amides is 3. The average molecular weight is 531 g/mol. The number of hydrogen-bond donors (Lipinski definition) is 2. The van der Waals surface area contributed by atoms with E-state index in [4.69, 9.17) is 11.6 Å². The summed E-state index contributed by atoms with van der Waals surface area (Å²) in [5.41, 5.74) is 2.17. The maximum Gasteiger partial charge on any atom is 0.472 e. The van der Waals surface area contributed by atoms with Gasteiger partial charge in [-0.1, -0.05) is 11.6 Å². The van der Waals surface area contributed by atoms with Crippen LogP contribution in [0.1, 0.15) is 31.3 Å². The summed E-state index contributed by atoms with van der Waals surface area (Å²) in [5, 5.41) is 6.91. The third kappa shape index (κ3) is 5.90. The summed E-state index contributed by atoms with van der Waals surface area (Å²) < 4.78 is 68.6. The fraction of sp³-hybridized carbons (Fsp3) is 0.273. The maximum atomic E-state index is 15.0. The van der Waals surface area contributed by atoms with Crippen LogP contribution in [0.2, 0.25) is 5.02 Å². The van der Waals surface area contributed by atoms with Crippen molar-refractivity contribution in [1.82, 2.24) is 30.5 Å². The predicted molar refractivity (Wildman–Crippen MR) is 120 cm³/mol. The standard InChI is InChI=1S/C22H20ClF5N6O2/c1-4-33(32-20(35)22(26,27)28)21(36)30-12(3)18-16(24)7-13(10-29-18)15-8-14(23)9-17(25)19(15)34-6-5-11(2)31-34/h5-10,12H,4H2,1-3H3,(H,30,36)(H,32,35).